The molecule has 0 radical (unpaired) electrons. The summed E-state index contributed by atoms with van der Waals surface area (Å²) in [5.41, 5.74) is 3.86. The number of benzene rings is 1. The summed E-state index contributed by atoms with van der Waals surface area (Å²) in [5, 5.41) is 9.88. The summed E-state index contributed by atoms with van der Waals surface area (Å²) < 4.78 is 19.3. The van der Waals surface area contributed by atoms with Crippen LogP contribution in [0.2, 0.25) is 0 Å². The molecule has 28 heavy (non-hydrogen) atoms. The van der Waals surface area contributed by atoms with E-state index in [9.17, 15) is 14.3 Å². The molecular formula is C24H27FO3. The van der Waals surface area contributed by atoms with E-state index in [0.717, 1.165) is 18.4 Å². The zero-order valence-corrected chi connectivity index (χ0v) is 16.7. The molecule has 0 saturated carbocycles. The molecule has 4 atom stereocenters. The van der Waals surface area contributed by atoms with Gasteiger partial charge in [-0.25, -0.2) is 4.39 Å². The molecule has 1 aliphatic heterocycles. The Balaban J connectivity index is 1.79. The SMILES string of the molecule is Cc1cc(C2=C(C=C[C@H]3C[C@H](O)CC(=O)O3)C3(C)C=CC2(C)CC3)ccc1F. The number of ether oxygens (including phenoxy) is 1. The second-order valence-corrected chi connectivity index (χ2v) is 8.90. The van der Waals surface area contributed by atoms with Gasteiger partial charge in [0, 0.05) is 17.3 Å². The van der Waals surface area contributed by atoms with Gasteiger partial charge in [0.05, 0.1) is 12.5 Å². The molecule has 0 amide bonds. The number of halogens is 1. The van der Waals surface area contributed by atoms with Crippen molar-refractivity contribution >= 4 is 11.5 Å². The highest BCUT2D eigenvalue weighted by atomic mass is 19.1. The van der Waals surface area contributed by atoms with Crippen molar-refractivity contribution in [1.29, 1.82) is 0 Å². The standard InChI is InChI=1S/C24H27FO3/c1-15-12-16(4-7-20(15)25)22-19(23(2)8-10-24(22,3)11-9-23)6-5-18-13-17(26)14-21(27)28-18/h4-8,10,12,17-18,26H,9,11,13-14H2,1-3H3/t17-,18-,23?,24?/m0/s1. The number of esters is 1. The summed E-state index contributed by atoms with van der Waals surface area (Å²) in [6.07, 6.45) is 10.0. The molecule has 1 saturated heterocycles. The smallest absolute Gasteiger partial charge is 0.309 e. The van der Waals surface area contributed by atoms with Gasteiger partial charge in [-0.1, -0.05) is 38.1 Å². The Kier molecular flexibility index (Phi) is 4.58. The van der Waals surface area contributed by atoms with Crippen molar-refractivity contribution in [3.63, 3.8) is 0 Å². The zero-order valence-electron chi connectivity index (χ0n) is 16.7. The van der Waals surface area contributed by atoms with Crippen molar-refractivity contribution in [1.82, 2.24) is 0 Å². The van der Waals surface area contributed by atoms with Crippen molar-refractivity contribution in [3.05, 3.63) is 65.0 Å². The van der Waals surface area contributed by atoms with Crippen molar-refractivity contribution in [2.24, 2.45) is 10.8 Å². The minimum atomic E-state index is -0.653. The number of aliphatic hydroxyl groups is 1. The second kappa shape index (κ2) is 6.70. The first kappa shape index (κ1) is 19.1. The predicted molar refractivity (Wildman–Crippen MR) is 107 cm³/mol. The predicted octanol–water partition coefficient (Wildman–Crippen LogP) is 4.89. The van der Waals surface area contributed by atoms with Gasteiger partial charge in [0.1, 0.15) is 11.9 Å². The van der Waals surface area contributed by atoms with Crippen molar-refractivity contribution < 1.29 is 19.0 Å². The maximum absolute atomic E-state index is 13.9. The van der Waals surface area contributed by atoms with Crippen molar-refractivity contribution in [2.45, 2.75) is 58.7 Å². The lowest BCUT2D eigenvalue weighted by atomic mass is 9.55. The molecule has 1 aromatic carbocycles. The van der Waals surface area contributed by atoms with Crippen LogP contribution in [0.15, 0.2) is 48.1 Å². The molecule has 5 rings (SSSR count). The monoisotopic (exact) mass is 382 g/mol. The highest BCUT2D eigenvalue weighted by molar-refractivity contribution is 5.81. The van der Waals surface area contributed by atoms with E-state index in [4.69, 9.17) is 4.74 Å². The minimum Gasteiger partial charge on any atom is -0.458 e. The molecule has 4 aliphatic rings. The topological polar surface area (TPSA) is 46.5 Å². The zero-order chi connectivity index (χ0) is 20.1. The summed E-state index contributed by atoms with van der Waals surface area (Å²) in [6.45, 7) is 6.24. The summed E-state index contributed by atoms with van der Waals surface area (Å²) in [6, 6.07) is 5.32. The fourth-order valence-electron chi connectivity index (χ4n) is 4.77. The van der Waals surface area contributed by atoms with Crippen LogP contribution in [-0.4, -0.2) is 23.3 Å². The third-order valence-corrected chi connectivity index (χ3v) is 6.55. The summed E-state index contributed by atoms with van der Waals surface area (Å²) in [7, 11) is 0. The molecule has 2 unspecified atom stereocenters. The quantitative estimate of drug-likeness (QED) is 0.598. The third-order valence-electron chi connectivity index (χ3n) is 6.55. The number of allylic oxidation sites excluding steroid dienone is 5. The molecule has 3 aliphatic carbocycles. The summed E-state index contributed by atoms with van der Waals surface area (Å²) in [5.74, 6) is -0.558. The van der Waals surface area contributed by atoms with Crippen LogP contribution >= 0.6 is 0 Å². The van der Waals surface area contributed by atoms with Crippen LogP contribution < -0.4 is 0 Å². The van der Waals surface area contributed by atoms with E-state index >= 15 is 0 Å². The summed E-state index contributed by atoms with van der Waals surface area (Å²) >= 11 is 0. The van der Waals surface area contributed by atoms with Crippen LogP contribution in [0.25, 0.3) is 5.57 Å². The lowest BCUT2D eigenvalue weighted by Gasteiger charge is -2.48. The maximum atomic E-state index is 13.9. The molecule has 1 fully saturated rings. The number of hydrogen-bond acceptors (Lipinski definition) is 3. The molecule has 1 aromatic rings. The maximum Gasteiger partial charge on any atom is 0.309 e. The van der Waals surface area contributed by atoms with Crippen LogP contribution in [0, 0.1) is 23.6 Å². The average Bonchev–Trinajstić information content (AvgIpc) is 2.63. The van der Waals surface area contributed by atoms with Crippen molar-refractivity contribution in [2.75, 3.05) is 0 Å². The number of fused-ring (bicyclic) bond motifs is 1. The van der Waals surface area contributed by atoms with Gasteiger partial charge in [0.25, 0.3) is 0 Å². The lowest BCUT2D eigenvalue weighted by Crippen LogP contribution is -2.36. The van der Waals surface area contributed by atoms with Gasteiger partial charge < -0.3 is 9.84 Å². The fraction of sp³-hybridized carbons (Fsp3) is 0.458. The number of cyclic esters (lactones) is 1. The van der Waals surface area contributed by atoms with Gasteiger partial charge in [-0.2, -0.15) is 0 Å². The van der Waals surface area contributed by atoms with E-state index in [1.54, 1.807) is 6.92 Å². The Morgan fingerprint density at radius 3 is 2.57 bits per heavy atom. The van der Waals surface area contributed by atoms with Gasteiger partial charge in [-0.3, -0.25) is 4.79 Å². The number of carbonyl (C=O) groups is 1. The Labute approximate surface area is 165 Å². The molecular weight excluding hydrogens is 355 g/mol. The Bertz CT molecular complexity index is 912. The number of rotatable bonds is 3. The van der Waals surface area contributed by atoms with Crippen LogP contribution in [0.5, 0.6) is 0 Å². The van der Waals surface area contributed by atoms with Crippen molar-refractivity contribution in [3.8, 4) is 0 Å². The van der Waals surface area contributed by atoms with Gasteiger partial charge >= 0.3 is 5.97 Å². The largest absolute Gasteiger partial charge is 0.458 e. The van der Waals surface area contributed by atoms with Gasteiger partial charge in [-0.15, -0.1) is 0 Å². The highest BCUT2D eigenvalue weighted by Gasteiger charge is 2.45. The Hall–Kier alpha value is -2.20. The van der Waals surface area contributed by atoms with Gasteiger partial charge in [-0.05, 0) is 60.2 Å². The van der Waals surface area contributed by atoms with E-state index < -0.39 is 12.2 Å². The van der Waals surface area contributed by atoms with E-state index in [2.05, 4.69) is 32.1 Å². The minimum absolute atomic E-state index is 0.0612. The average molecular weight is 382 g/mol. The fourth-order valence-corrected chi connectivity index (χ4v) is 4.77. The normalized spacial score (nSPS) is 35.0. The molecule has 148 valence electrons. The van der Waals surface area contributed by atoms with E-state index in [0.29, 0.717) is 12.0 Å². The number of aryl methyl sites for hydroxylation is 1. The van der Waals surface area contributed by atoms with E-state index in [1.807, 2.05) is 18.2 Å². The molecule has 0 aromatic heterocycles. The molecule has 2 bridgehead atoms. The van der Waals surface area contributed by atoms with Crippen LogP contribution in [0.3, 0.4) is 0 Å². The van der Waals surface area contributed by atoms with Gasteiger partial charge in [0.15, 0.2) is 0 Å². The molecule has 1 N–H and O–H groups in total. The molecule has 3 nitrogen and oxygen atoms in total. The second-order valence-electron chi connectivity index (χ2n) is 8.90. The van der Waals surface area contributed by atoms with Gasteiger partial charge in [0.2, 0.25) is 0 Å². The van der Waals surface area contributed by atoms with Crippen LogP contribution in [-0.2, 0) is 9.53 Å². The Morgan fingerprint density at radius 1 is 1.21 bits per heavy atom. The summed E-state index contributed by atoms with van der Waals surface area (Å²) in [4.78, 5) is 11.7. The van der Waals surface area contributed by atoms with Crippen LogP contribution in [0.4, 0.5) is 4.39 Å². The van der Waals surface area contributed by atoms with E-state index in [1.165, 1.54) is 17.2 Å². The number of hydrogen-bond donors (Lipinski definition) is 1. The molecule has 4 heteroatoms. The molecule has 1 heterocycles. The Morgan fingerprint density at radius 2 is 1.93 bits per heavy atom. The first-order valence-corrected chi connectivity index (χ1v) is 9.98. The molecule has 0 spiro atoms. The number of aliphatic hydroxyl groups excluding tert-OH is 1. The lowest BCUT2D eigenvalue weighted by molar-refractivity contribution is -0.156. The highest BCUT2D eigenvalue weighted by Crippen LogP contribution is 2.59. The third kappa shape index (κ3) is 3.24. The van der Waals surface area contributed by atoms with Crippen LogP contribution in [0.1, 0.15) is 50.7 Å². The first-order chi connectivity index (χ1) is 13.2. The first-order valence-electron chi connectivity index (χ1n) is 9.98. The van der Waals surface area contributed by atoms with E-state index in [-0.39, 0.29) is 29.0 Å². The number of carbonyl (C=O) groups excluding carboxylic acids is 1.